The van der Waals surface area contributed by atoms with Crippen LogP contribution in [0.1, 0.15) is 5.69 Å². The number of aliphatic hydroxyl groups excluding tert-OH is 1. The van der Waals surface area contributed by atoms with Gasteiger partial charge in [-0.05, 0) is 12.1 Å². The minimum Gasteiger partial charge on any atom is -0.497 e. The zero-order valence-electron chi connectivity index (χ0n) is 8.61. The van der Waals surface area contributed by atoms with Gasteiger partial charge >= 0.3 is 0 Å². The van der Waals surface area contributed by atoms with Gasteiger partial charge < -0.3 is 9.84 Å². The molecule has 3 nitrogen and oxygen atoms in total. The summed E-state index contributed by atoms with van der Waals surface area (Å²) in [6.07, 6.45) is 0. The lowest BCUT2D eigenvalue weighted by Crippen LogP contribution is -1.88. The maximum Gasteiger partial charge on any atom is 0.137 e. The molecule has 0 aliphatic carbocycles. The number of halogens is 1. The number of rotatable bonds is 3. The molecule has 5 heteroatoms. The molecule has 2 rings (SSSR count). The van der Waals surface area contributed by atoms with Crippen LogP contribution >= 0.6 is 11.3 Å². The van der Waals surface area contributed by atoms with E-state index in [2.05, 4.69) is 4.98 Å². The van der Waals surface area contributed by atoms with E-state index < -0.39 is 0 Å². The number of thiazole rings is 1. The summed E-state index contributed by atoms with van der Waals surface area (Å²) in [5.74, 6) is 0.0957. The highest BCUT2D eigenvalue weighted by Gasteiger charge is 2.10. The van der Waals surface area contributed by atoms with Crippen molar-refractivity contribution in [2.75, 3.05) is 7.11 Å². The lowest BCUT2D eigenvalue weighted by Gasteiger charge is -2.02. The summed E-state index contributed by atoms with van der Waals surface area (Å²) in [5, 5.41) is 11.1. The molecule has 1 N–H and O–H groups in total. The van der Waals surface area contributed by atoms with Crippen molar-refractivity contribution in [3.05, 3.63) is 35.1 Å². The van der Waals surface area contributed by atoms with Crippen LogP contribution in [0.4, 0.5) is 4.39 Å². The monoisotopic (exact) mass is 239 g/mol. The van der Waals surface area contributed by atoms with E-state index in [1.165, 1.54) is 24.5 Å². The fourth-order valence-corrected chi connectivity index (χ4v) is 2.14. The van der Waals surface area contributed by atoms with Gasteiger partial charge in [0.25, 0.3) is 0 Å². The Hall–Kier alpha value is -1.46. The zero-order valence-corrected chi connectivity index (χ0v) is 9.42. The second-order valence-electron chi connectivity index (χ2n) is 3.15. The molecule has 0 atom stereocenters. The summed E-state index contributed by atoms with van der Waals surface area (Å²) < 4.78 is 18.6. The van der Waals surface area contributed by atoms with Gasteiger partial charge in [0.2, 0.25) is 0 Å². The van der Waals surface area contributed by atoms with Crippen molar-refractivity contribution < 1.29 is 14.2 Å². The largest absolute Gasteiger partial charge is 0.497 e. The van der Waals surface area contributed by atoms with Gasteiger partial charge in [-0.1, -0.05) is 0 Å². The van der Waals surface area contributed by atoms with Crippen molar-refractivity contribution >= 4 is 11.3 Å². The highest BCUT2D eigenvalue weighted by Crippen LogP contribution is 2.28. The Labute approximate surface area is 96.2 Å². The molecule has 0 bridgehead atoms. The highest BCUT2D eigenvalue weighted by molar-refractivity contribution is 7.13. The van der Waals surface area contributed by atoms with Crippen LogP contribution in [0, 0.1) is 5.82 Å². The Morgan fingerprint density at radius 3 is 2.88 bits per heavy atom. The van der Waals surface area contributed by atoms with Crippen LogP contribution in [0.15, 0.2) is 23.6 Å². The Morgan fingerprint density at radius 2 is 2.31 bits per heavy atom. The van der Waals surface area contributed by atoms with Crippen molar-refractivity contribution in [2.45, 2.75) is 6.61 Å². The number of hydrogen-bond donors (Lipinski definition) is 1. The van der Waals surface area contributed by atoms with E-state index in [0.717, 1.165) is 0 Å². The smallest absolute Gasteiger partial charge is 0.137 e. The Bertz CT molecular complexity index is 498. The molecule has 0 aliphatic heterocycles. The number of aliphatic hydroxyl groups is 1. The molecule has 84 valence electrons. The van der Waals surface area contributed by atoms with Gasteiger partial charge in [-0.15, -0.1) is 11.3 Å². The standard InChI is InChI=1S/C11H10FNO2S/c1-15-8-2-3-9(10(12)4-8)11-13-7(5-14)6-16-11/h2-4,6,14H,5H2,1H3. The van der Waals surface area contributed by atoms with E-state index in [-0.39, 0.29) is 12.4 Å². The third-order valence-corrected chi connectivity index (χ3v) is 3.04. The number of methoxy groups -OCH3 is 1. The molecule has 1 aromatic carbocycles. The van der Waals surface area contributed by atoms with Gasteiger partial charge in [0, 0.05) is 17.0 Å². The first-order chi connectivity index (χ1) is 7.74. The SMILES string of the molecule is COc1ccc(-c2nc(CO)cs2)c(F)c1. The quantitative estimate of drug-likeness (QED) is 0.894. The van der Waals surface area contributed by atoms with Gasteiger partial charge in [0.05, 0.1) is 19.4 Å². The topological polar surface area (TPSA) is 42.4 Å². The van der Waals surface area contributed by atoms with Crippen LogP contribution in [0.2, 0.25) is 0 Å². The van der Waals surface area contributed by atoms with Crippen LogP contribution < -0.4 is 4.74 Å². The summed E-state index contributed by atoms with van der Waals surface area (Å²) >= 11 is 1.30. The van der Waals surface area contributed by atoms with E-state index >= 15 is 0 Å². The number of aromatic nitrogens is 1. The van der Waals surface area contributed by atoms with Crippen LogP contribution in [0.3, 0.4) is 0 Å². The van der Waals surface area contributed by atoms with Crippen molar-refractivity contribution in [3.8, 4) is 16.3 Å². The molecule has 0 amide bonds. The van der Waals surface area contributed by atoms with Crippen LogP contribution in [-0.2, 0) is 6.61 Å². The number of hydrogen-bond acceptors (Lipinski definition) is 4. The summed E-state index contributed by atoms with van der Waals surface area (Å²) in [4.78, 5) is 4.10. The van der Waals surface area contributed by atoms with Crippen LogP contribution in [0.25, 0.3) is 10.6 Å². The summed E-state index contributed by atoms with van der Waals surface area (Å²) in [7, 11) is 1.49. The first kappa shape index (κ1) is 11.0. The van der Waals surface area contributed by atoms with Gasteiger partial charge in [-0.3, -0.25) is 0 Å². The molecule has 0 fully saturated rings. The fraction of sp³-hybridized carbons (Fsp3) is 0.182. The summed E-state index contributed by atoms with van der Waals surface area (Å²) in [5.41, 5.74) is 0.973. The van der Waals surface area contributed by atoms with E-state index in [4.69, 9.17) is 9.84 Å². The van der Waals surface area contributed by atoms with Gasteiger partial charge in [-0.2, -0.15) is 0 Å². The molecule has 0 unspecified atom stereocenters. The lowest BCUT2D eigenvalue weighted by atomic mass is 10.2. The first-order valence-electron chi connectivity index (χ1n) is 4.63. The predicted molar refractivity (Wildman–Crippen MR) is 60.0 cm³/mol. The number of benzene rings is 1. The molecule has 1 aromatic heterocycles. The molecule has 0 aliphatic rings. The normalized spacial score (nSPS) is 10.4. The first-order valence-corrected chi connectivity index (χ1v) is 5.51. The second kappa shape index (κ2) is 4.59. The molecule has 0 saturated heterocycles. The van der Waals surface area contributed by atoms with Gasteiger partial charge in [0.1, 0.15) is 16.6 Å². The van der Waals surface area contributed by atoms with E-state index in [1.807, 2.05) is 0 Å². The molecule has 0 radical (unpaired) electrons. The average Bonchev–Trinajstić information content (AvgIpc) is 2.77. The van der Waals surface area contributed by atoms with Crippen molar-refractivity contribution in [1.29, 1.82) is 0 Å². The average molecular weight is 239 g/mol. The Balaban J connectivity index is 2.40. The minimum atomic E-state index is -0.377. The number of ether oxygens (including phenoxy) is 1. The van der Waals surface area contributed by atoms with E-state index in [1.54, 1.807) is 17.5 Å². The predicted octanol–water partition coefficient (Wildman–Crippen LogP) is 2.45. The van der Waals surface area contributed by atoms with Gasteiger partial charge in [0.15, 0.2) is 0 Å². The molecule has 0 saturated carbocycles. The lowest BCUT2D eigenvalue weighted by molar-refractivity contribution is 0.278. The molecular weight excluding hydrogens is 229 g/mol. The van der Waals surface area contributed by atoms with Crippen molar-refractivity contribution in [3.63, 3.8) is 0 Å². The zero-order chi connectivity index (χ0) is 11.5. The molecule has 0 spiro atoms. The maximum absolute atomic E-state index is 13.7. The molecule has 2 aromatic rings. The highest BCUT2D eigenvalue weighted by atomic mass is 32.1. The molecule has 16 heavy (non-hydrogen) atoms. The van der Waals surface area contributed by atoms with Gasteiger partial charge in [-0.25, -0.2) is 9.37 Å². The van der Waals surface area contributed by atoms with E-state index in [0.29, 0.717) is 22.0 Å². The molecule has 1 heterocycles. The number of nitrogens with zero attached hydrogens (tertiary/aromatic N) is 1. The second-order valence-corrected chi connectivity index (χ2v) is 4.01. The molecular formula is C11H10FNO2S. The summed E-state index contributed by atoms with van der Waals surface area (Å²) in [6.45, 7) is -0.131. The van der Waals surface area contributed by atoms with Crippen molar-refractivity contribution in [2.24, 2.45) is 0 Å². The Morgan fingerprint density at radius 1 is 1.50 bits per heavy atom. The Kier molecular flexibility index (Phi) is 3.17. The van der Waals surface area contributed by atoms with E-state index in [9.17, 15) is 4.39 Å². The van der Waals surface area contributed by atoms with Crippen LogP contribution in [0.5, 0.6) is 5.75 Å². The fourth-order valence-electron chi connectivity index (χ4n) is 1.30. The third-order valence-electron chi connectivity index (χ3n) is 2.12. The third kappa shape index (κ3) is 2.05. The summed E-state index contributed by atoms with van der Waals surface area (Å²) in [6, 6.07) is 4.61. The minimum absolute atomic E-state index is 0.131. The maximum atomic E-state index is 13.7. The van der Waals surface area contributed by atoms with Crippen molar-refractivity contribution in [1.82, 2.24) is 4.98 Å². The van der Waals surface area contributed by atoms with Crippen LogP contribution in [-0.4, -0.2) is 17.2 Å².